The minimum atomic E-state index is -0.775. The third-order valence-corrected chi connectivity index (χ3v) is 8.28. The molecular weight excluding hydrogens is 674 g/mol. The van der Waals surface area contributed by atoms with Crippen LogP contribution in [0.1, 0.15) is 24.0 Å². The molecule has 5 aromatic rings. The molecule has 0 fully saturated rings. The van der Waals surface area contributed by atoms with Gasteiger partial charge in [-0.15, -0.1) is 0 Å². The molecule has 2 atom stereocenters. The first-order chi connectivity index (χ1) is 25.8. The number of anilines is 2. The topological polar surface area (TPSA) is 161 Å². The summed E-state index contributed by atoms with van der Waals surface area (Å²) in [6, 6.07) is 31.2. The Bertz CT molecular complexity index is 1790. The van der Waals surface area contributed by atoms with Gasteiger partial charge < -0.3 is 35.2 Å². The number of nitrogens with zero attached hydrogens (tertiary/aromatic N) is 1. The number of hydrogen-bond donors (Lipinski definition) is 4. The van der Waals surface area contributed by atoms with Crippen molar-refractivity contribution in [3.05, 3.63) is 127 Å². The van der Waals surface area contributed by atoms with Gasteiger partial charge in [-0.05, 0) is 72.5 Å². The number of hydrogen-bond acceptors (Lipinski definition) is 8. The van der Waals surface area contributed by atoms with E-state index in [0.717, 1.165) is 16.7 Å². The number of carbonyl (C=O) groups excluding carboxylic acids is 4. The maximum atomic E-state index is 13.1. The average molecular weight is 718 g/mol. The highest BCUT2D eigenvalue weighted by Crippen LogP contribution is 2.28. The number of oxazole rings is 1. The van der Waals surface area contributed by atoms with E-state index in [-0.39, 0.29) is 36.5 Å². The fourth-order valence-electron chi connectivity index (χ4n) is 5.48. The van der Waals surface area contributed by atoms with Gasteiger partial charge in [0.1, 0.15) is 12.1 Å². The average Bonchev–Trinajstić information content (AvgIpc) is 3.67. The maximum Gasteiger partial charge on any atom is 0.247 e. The van der Waals surface area contributed by atoms with E-state index in [1.54, 1.807) is 68.9 Å². The Labute approximate surface area is 308 Å². The van der Waals surface area contributed by atoms with Crippen molar-refractivity contribution >= 4 is 35.0 Å². The Morgan fingerprint density at radius 1 is 0.604 bits per heavy atom. The van der Waals surface area contributed by atoms with Gasteiger partial charge in [-0.2, -0.15) is 0 Å². The van der Waals surface area contributed by atoms with Gasteiger partial charge in [0.15, 0.2) is 5.76 Å². The van der Waals surface area contributed by atoms with Crippen molar-refractivity contribution in [1.82, 2.24) is 15.6 Å². The fraction of sp³-hybridized carbons (Fsp3) is 0.244. The van der Waals surface area contributed by atoms with Crippen LogP contribution in [-0.4, -0.2) is 68.1 Å². The Hall–Kier alpha value is -6.11. The van der Waals surface area contributed by atoms with Gasteiger partial charge in [0, 0.05) is 49.9 Å². The summed E-state index contributed by atoms with van der Waals surface area (Å²) < 4.78 is 16.4. The Kier molecular flexibility index (Phi) is 14.0. The van der Waals surface area contributed by atoms with E-state index in [1.165, 1.54) is 0 Å². The lowest BCUT2D eigenvalue weighted by atomic mass is 10.1. The largest absolute Gasteiger partial charge is 0.436 e. The van der Waals surface area contributed by atoms with Gasteiger partial charge in [-0.3, -0.25) is 19.2 Å². The Morgan fingerprint density at radius 2 is 1.04 bits per heavy atom. The summed E-state index contributed by atoms with van der Waals surface area (Å²) >= 11 is 0. The summed E-state index contributed by atoms with van der Waals surface area (Å²) in [5.74, 6) is -0.311. The normalized spacial score (nSPS) is 12.0. The van der Waals surface area contributed by atoms with Crippen molar-refractivity contribution in [3.8, 4) is 22.8 Å². The van der Waals surface area contributed by atoms with Crippen LogP contribution in [0.4, 0.5) is 11.4 Å². The first-order valence-corrected chi connectivity index (χ1v) is 17.2. The van der Waals surface area contributed by atoms with E-state index in [0.29, 0.717) is 54.6 Å². The number of methoxy groups -OCH3 is 2. The summed E-state index contributed by atoms with van der Waals surface area (Å²) in [5.41, 5.74) is 4.25. The molecule has 4 aromatic carbocycles. The Balaban J connectivity index is 1.16. The van der Waals surface area contributed by atoms with Gasteiger partial charge in [0.25, 0.3) is 0 Å². The first-order valence-electron chi connectivity index (χ1n) is 17.2. The molecule has 0 aliphatic carbocycles. The summed E-state index contributed by atoms with van der Waals surface area (Å²) in [7, 11) is 3.09. The highest BCUT2D eigenvalue weighted by molar-refractivity contribution is 5.98. The summed E-state index contributed by atoms with van der Waals surface area (Å²) in [6.07, 6.45) is 2.57. The zero-order valence-corrected chi connectivity index (χ0v) is 29.7. The Morgan fingerprint density at radius 3 is 1.47 bits per heavy atom. The summed E-state index contributed by atoms with van der Waals surface area (Å²) in [6.45, 7) is 0.607. The molecule has 5 rings (SSSR count). The van der Waals surface area contributed by atoms with Crippen LogP contribution in [0.2, 0.25) is 0 Å². The third-order valence-electron chi connectivity index (χ3n) is 8.28. The van der Waals surface area contributed by atoms with Crippen LogP contribution in [0, 0.1) is 0 Å². The summed E-state index contributed by atoms with van der Waals surface area (Å²) in [5, 5.41) is 11.4. The van der Waals surface area contributed by atoms with E-state index >= 15 is 0 Å². The predicted molar refractivity (Wildman–Crippen MR) is 202 cm³/mol. The SMILES string of the molecule is COCC[C@H](NC(=O)Cc1ccccc1)C(=O)Nc1ccc(-c2cnc(-c3ccc(NC(=O)[C@H](CCOC)NC(=O)Cc4ccccc4)cc3)o2)cc1. The van der Waals surface area contributed by atoms with Crippen molar-refractivity contribution in [2.75, 3.05) is 38.1 Å². The van der Waals surface area contributed by atoms with Crippen molar-refractivity contribution in [3.63, 3.8) is 0 Å². The molecule has 4 N–H and O–H groups in total. The molecule has 4 amide bonds. The number of benzene rings is 4. The molecule has 0 saturated carbocycles. The number of rotatable bonds is 18. The molecule has 0 saturated heterocycles. The molecule has 0 aliphatic rings. The van der Waals surface area contributed by atoms with Crippen LogP contribution >= 0.6 is 0 Å². The summed E-state index contributed by atoms with van der Waals surface area (Å²) in [4.78, 5) is 56.0. The monoisotopic (exact) mass is 717 g/mol. The maximum absolute atomic E-state index is 13.1. The number of amides is 4. The fourth-order valence-corrected chi connectivity index (χ4v) is 5.48. The van der Waals surface area contributed by atoms with Gasteiger partial charge in [-0.1, -0.05) is 60.7 Å². The third kappa shape index (κ3) is 11.7. The second kappa shape index (κ2) is 19.5. The second-order valence-corrected chi connectivity index (χ2v) is 12.3. The molecule has 1 heterocycles. The number of carbonyl (C=O) groups is 4. The van der Waals surface area contributed by atoms with Crippen LogP contribution in [0.15, 0.2) is 120 Å². The van der Waals surface area contributed by atoms with Crippen molar-refractivity contribution in [2.24, 2.45) is 0 Å². The minimum Gasteiger partial charge on any atom is -0.436 e. The standard InChI is InChI=1S/C41H43N5O7/c1-51-23-21-34(45-37(47)25-28-9-5-3-6-10-28)39(49)43-32-17-13-30(14-18-32)36-27-42-41(53-36)31-15-19-33(20-16-31)44-40(50)35(22-24-52-2)46-38(48)26-29-11-7-4-8-12-29/h3-20,27,34-35H,21-26H2,1-2H3,(H,43,49)(H,44,50)(H,45,47)(H,46,48)/t34-,35-/m0/s1. The van der Waals surface area contributed by atoms with Crippen LogP contribution in [-0.2, 0) is 41.5 Å². The van der Waals surface area contributed by atoms with Crippen molar-refractivity contribution in [1.29, 1.82) is 0 Å². The smallest absolute Gasteiger partial charge is 0.247 e. The number of aromatic nitrogens is 1. The van der Waals surface area contributed by atoms with Gasteiger partial charge in [0.05, 0.1) is 19.0 Å². The second-order valence-electron chi connectivity index (χ2n) is 12.3. The minimum absolute atomic E-state index is 0.164. The molecule has 0 unspecified atom stereocenters. The lowest BCUT2D eigenvalue weighted by Gasteiger charge is -2.18. The lowest BCUT2D eigenvalue weighted by Crippen LogP contribution is -2.45. The molecule has 0 spiro atoms. The van der Waals surface area contributed by atoms with Gasteiger partial charge in [-0.25, -0.2) is 4.98 Å². The van der Waals surface area contributed by atoms with Gasteiger partial charge in [0.2, 0.25) is 29.5 Å². The zero-order valence-electron chi connectivity index (χ0n) is 29.7. The van der Waals surface area contributed by atoms with E-state index in [2.05, 4.69) is 26.3 Å². The van der Waals surface area contributed by atoms with E-state index in [1.807, 2.05) is 60.7 Å². The van der Waals surface area contributed by atoms with E-state index in [9.17, 15) is 19.2 Å². The first kappa shape index (κ1) is 38.1. The molecule has 12 heteroatoms. The molecule has 1 aromatic heterocycles. The van der Waals surface area contributed by atoms with Crippen molar-refractivity contribution in [2.45, 2.75) is 37.8 Å². The van der Waals surface area contributed by atoms with Crippen LogP contribution in [0.5, 0.6) is 0 Å². The molecule has 0 aliphatic heterocycles. The lowest BCUT2D eigenvalue weighted by molar-refractivity contribution is -0.126. The number of ether oxygens (including phenoxy) is 2. The quantitative estimate of drug-likeness (QED) is 0.0936. The molecule has 274 valence electrons. The van der Waals surface area contributed by atoms with Crippen molar-refractivity contribution < 1.29 is 33.1 Å². The van der Waals surface area contributed by atoms with E-state index < -0.39 is 12.1 Å². The highest BCUT2D eigenvalue weighted by atomic mass is 16.5. The van der Waals surface area contributed by atoms with E-state index in [4.69, 9.17) is 13.9 Å². The molecular formula is C41H43N5O7. The highest BCUT2D eigenvalue weighted by Gasteiger charge is 2.22. The molecule has 0 bridgehead atoms. The van der Waals surface area contributed by atoms with Crippen LogP contribution < -0.4 is 21.3 Å². The van der Waals surface area contributed by atoms with Crippen LogP contribution in [0.3, 0.4) is 0 Å². The molecule has 12 nitrogen and oxygen atoms in total. The molecule has 53 heavy (non-hydrogen) atoms. The molecule has 0 radical (unpaired) electrons. The predicted octanol–water partition coefficient (Wildman–Crippen LogP) is 5.41. The number of nitrogens with one attached hydrogen (secondary N) is 4. The van der Waals surface area contributed by atoms with Gasteiger partial charge >= 0.3 is 0 Å². The zero-order chi connectivity index (χ0) is 37.4. The van der Waals surface area contributed by atoms with Crippen LogP contribution in [0.25, 0.3) is 22.8 Å².